The van der Waals surface area contributed by atoms with Crippen molar-refractivity contribution in [2.24, 2.45) is 0 Å². The van der Waals surface area contributed by atoms with Gasteiger partial charge >= 0.3 is 7.82 Å². The van der Waals surface area contributed by atoms with Crippen LogP contribution >= 0.6 is 7.82 Å². The smallest absolute Gasteiger partial charge is 0.412 e. The van der Waals surface area contributed by atoms with Crippen LogP contribution in [-0.4, -0.2) is 31.1 Å². The standard InChI is InChI=1S/Mn.H3O4P.3H2O/c;1-5(2,3)4;;;/h;(H3,1,2,3,4);3*1H2. The van der Waals surface area contributed by atoms with Crippen molar-refractivity contribution in [2.45, 2.75) is 0 Å². The van der Waals surface area contributed by atoms with Crippen LogP contribution in [0.4, 0.5) is 0 Å². The molecule has 0 rings (SSSR count). The van der Waals surface area contributed by atoms with Gasteiger partial charge in [-0.3, -0.25) is 0 Å². The molecule has 0 saturated heterocycles. The van der Waals surface area contributed by atoms with Crippen molar-refractivity contribution in [1.29, 1.82) is 0 Å². The Kier molecular flexibility index (Phi) is 42.6. The van der Waals surface area contributed by atoms with Crippen molar-refractivity contribution in [3.63, 3.8) is 0 Å². The van der Waals surface area contributed by atoms with Crippen LogP contribution in [-0.2, 0) is 21.6 Å². The van der Waals surface area contributed by atoms with E-state index in [0.717, 1.165) is 0 Å². The van der Waals surface area contributed by atoms with Crippen LogP contribution in [0.3, 0.4) is 0 Å². The first-order chi connectivity index (χ1) is 2.00. The number of hydrogen-bond donors (Lipinski definition) is 3. The quantitative estimate of drug-likeness (QED) is 0.277. The Morgan fingerprint density at radius 2 is 0.889 bits per heavy atom. The molecule has 0 aliphatic heterocycles. The van der Waals surface area contributed by atoms with Gasteiger partial charge in [0.25, 0.3) is 0 Å². The second kappa shape index (κ2) is 11.3. The normalized spacial score (nSPS) is 6.56. The first kappa shape index (κ1) is 33.9. The van der Waals surface area contributed by atoms with Gasteiger partial charge in [-0.15, -0.1) is 0 Å². The second-order valence-electron chi connectivity index (χ2n) is 0.513. The van der Waals surface area contributed by atoms with Crippen LogP contribution in [0, 0.1) is 0 Å². The van der Waals surface area contributed by atoms with E-state index < -0.39 is 7.82 Å². The summed E-state index contributed by atoms with van der Waals surface area (Å²) in [6, 6.07) is 0. The van der Waals surface area contributed by atoms with Gasteiger partial charge in [0.1, 0.15) is 0 Å². The topological polar surface area (TPSA) is 172 Å². The number of rotatable bonds is 0. The van der Waals surface area contributed by atoms with Crippen LogP contribution in [0.2, 0.25) is 0 Å². The molecule has 0 aliphatic rings. The molecule has 0 aromatic rings. The molecule has 0 aliphatic carbocycles. The van der Waals surface area contributed by atoms with Gasteiger partial charge in [-0.1, -0.05) is 0 Å². The van der Waals surface area contributed by atoms with Crippen LogP contribution in [0.1, 0.15) is 0 Å². The van der Waals surface area contributed by atoms with E-state index >= 15 is 0 Å². The fraction of sp³-hybridized carbons (Fsp3) is 0. The van der Waals surface area contributed by atoms with Crippen molar-refractivity contribution in [3.8, 4) is 0 Å². The maximum absolute atomic E-state index is 8.88. The summed E-state index contributed by atoms with van der Waals surface area (Å²) in [7, 11) is -4.64. The average Bonchev–Trinajstić information content (AvgIpc) is 0.722. The maximum Gasteiger partial charge on any atom is 0.466 e. The van der Waals surface area contributed by atoms with Gasteiger partial charge in [-0.25, -0.2) is 4.57 Å². The van der Waals surface area contributed by atoms with Gasteiger partial charge in [0.15, 0.2) is 0 Å². The first-order valence-electron chi connectivity index (χ1n) is 0.783. The first-order valence-corrected chi connectivity index (χ1v) is 2.35. The summed E-state index contributed by atoms with van der Waals surface area (Å²) in [6.07, 6.45) is 0. The molecule has 0 fully saturated rings. The molecule has 63 valence electrons. The van der Waals surface area contributed by atoms with Gasteiger partial charge in [0.05, 0.1) is 0 Å². The molecule has 0 aromatic heterocycles. The van der Waals surface area contributed by atoms with E-state index in [9.17, 15) is 0 Å². The molecule has 1 radical (unpaired) electrons. The van der Waals surface area contributed by atoms with Gasteiger partial charge < -0.3 is 31.1 Å². The van der Waals surface area contributed by atoms with E-state index in [1.807, 2.05) is 0 Å². The molecule has 0 saturated carbocycles. The van der Waals surface area contributed by atoms with Gasteiger partial charge in [0.2, 0.25) is 0 Å². The second-order valence-corrected chi connectivity index (χ2v) is 1.54. The Balaban J connectivity index is -0.0000000133. The Hall–Kier alpha value is 0.509. The van der Waals surface area contributed by atoms with Crippen molar-refractivity contribution in [1.82, 2.24) is 0 Å². The minimum atomic E-state index is -4.64. The molecule has 9 heteroatoms. The van der Waals surface area contributed by atoms with Crippen molar-refractivity contribution in [2.75, 3.05) is 0 Å². The summed E-state index contributed by atoms with van der Waals surface area (Å²) >= 11 is 0. The predicted molar refractivity (Wildman–Crippen MR) is 25.1 cm³/mol. The summed E-state index contributed by atoms with van der Waals surface area (Å²) in [5.41, 5.74) is 0. The van der Waals surface area contributed by atoms with Crippen LogP contribution < -0.4 is 0 Å². The zero-order valence-corrected chi connectivity index (χ0v) is 6.15. The molecular weight excluding hydrogens is 198 g/mol. The molecule has 9 N–H and O–H groups in total. The Morgan fingerprint density at radius 1 is 0.889 bits per heavy atom. The monoisotopic (exact) mass is 207 g/mol. The molecule has 0 aromatic carbocycles. The van der Waals surface area contributed by atoms with Crippen molar-refractivity contribution in [3.05, 3.63) is 0 Å². The van der Waals surface area contributed by atoms with E-state index in [1.165, 1.54) is 0 Å². The Labute approximate surface area is 61.3 Å². The predicted octanol–water partition coefficient (Wildman–Crippen LogP) is -3.41. The summed E-state index contributed by atoms with van der Waals surface area (Å²) in [4.78, 5) is 21.6. The third-order valence-corrected chi connectivity index (χ3v) is 0. The number of phosphoric acid groups is 1. The zero-order valence-electron chi connectivity index (χ0n) is 4.08. The summed E-state index contributed by atoms with van der Waals surface area (Å²) in [5, 5.41) is 0. The fourth-order valence-electron chi connectivity index (χ4n) is 0. The summed E-state index contributed by atoms with van der Waals surface area (Å²) < 4.78 is 8.88. The Bertz CT molecular complexity index is 55.1. The van der Waals surface area contributed by atoms with E-state index in [-0.39, 0.29) is 33.5 Å². The molecular formula is H9MnO7P. The molecule has 0 spiro atoms. The maximum atomic E-state index is 8.88. The van der Waals surface area contributed by atoms with Crippen LogP contribution in [0.15, 0.2) is 0 Å². The van der Waals surface area contributed by atoms with Gasteiger partial charge in [-0.2, -0.15) is 0 Å². The molecule has 0 unspecified atom stereocenters. The fourth-order valence-corrected chi connectivity index (χ4v) is 0. The van der Waals surface area contributed by atoms with E-state index in [2.05, 4.69) is 0 Å². The van der Waals surface area contributed by atoms with Crippen molar-refractivity contribution >= 4 is 7.82 Å². The molecule has 0 bridgehead atoms. The van der Waals surface area contributed by atoms with E-state index in [1.54, 1.807) is 0 Å². The van der Waals surface area contributed by atoms with Crippen LogP contribution in [0.25, 0.3) is 0 Å². The molecule has 0 atom stereocenters. The number of hydrogen-bond acceptors (Lipinski definition) is 1. The third kappa shape index (κ3) is 1390. The molecule has 0 heterocycles. The average molecular weight is 207 g/mol. The summed E-state index contributed by atoms with van der Waals surface area (Å²) in [6.45, 7) is 0. The molecule has 0 amide bonds. The molecule has 9 heavy (non-hydrogen) atoms. The minimum absolute atomic E-state index is 0. The van der Waals surface area contributed by atoms with Gasteiger partial charge in [0, 0.05) is 17.1 Å². The largest absolute Gasteiger partial charge is 0.466 e. The molecule has 7 nitrogen and oxygen atoms in total. The van der Waals surface area contributed by atoms with E-state index in [4.69, 9.17) is 19.2 Å². The minimum Gasteiger partial charge on any atom is -0.412 e. The van der Waals surface area contributed by atoms with Crippen molar-refractivity contribution < 1.29 is 52.7 Å². The van der Waals surface area contributed by atoms with Gasteiger partial charge in [-0.05, 0) is 0 Å². The SMILES string of the molecule is O.O.O.O=P(O)(O)O.[Mn]. The summed E-state index contributed by atoms with van der Waals surface area (Å²) in [5.74, 6) is 0. The zero-order chi connectivity index (χ0) is 4.50. The van der Waals surface area contributed by atoms with Crippen LogP contribution in [0.5, 0.6) is 0 Å². The third-order valence-electron chi connectivity index (χ3n) is 0. The van der Waals surface area contributed by atoms with E-state index in [0.29, 0.717) is 0 Å². The Morgan fingerprint density at radius 3 is 0.889 bits per heavy atom.